The minimum atomic E-state index is -0.165. The molecule has 2 N–H and O–H groups in total. The maximum Gasteiger partial charge on any atom is 0.228 e. The van der Waals surface area contributed by atoms with E-state index in [0.717, 1.165) is 16.9 Å². The third-order valence-electron chi connectivity index (χ3n) is 4.09. The highest BCUT2D eigenvalue weighted by molar-refractivity contribution is 5.93. The molecule has 1 aromatic heterocycles. The van der Waals surface area contributed by atoms with E-state index in [1.807, 2.05) is 30.3 Å². The van der Waals surface area contributed by atoms with E-state index >= 15 is 0 Å². The summed E-state index contributed by atoms with van der Waals surface area (Å²) in [5.74, 6) is 2.25. The van der Waals surface area contributed by atoms with Crippen molar-refractivity contribution in [2.24, 2.45) is 0 Å². The monoisotopic (exact) mass is 367 g/mol. The minimum Gasteiger partial charge on any atom is -0.497 e. The largest absolute Gasteiger partial charge is 0.497 e. The highest BCUT2D eigenvalue weighted by Gasteiger charge is 2.12. The van der Waals surface area contributed by atoms with Crippen LogP contribution in [-0.4, -0.2) is 25.2 Å². The van der Waals surface area contributed by atoms with Crippen molar-refractivity contribution in [3.63, 3.8) is 0 Å². The molecular weight excluding hydrogens is 346 g/mol. The standard InChI is InChI=1S/C21H21NO5/c1-25-16-6-3-14(4-7-16)11-21(24)22-15-5-9-18(20(12-15)26-2)19-10-8-17(13-23)27-19/h3-10,12,23H,11,13H2,1-2H3,(H,22,24). The van der Waals surface area contributed by atoms with E-state index in [0.29, 0.717) is 23.0 Å². The first kappa shape index (κ1) is 18.5. The zero-order valence-electron chi connectivity index (χ0n) is 15.2. The first-order valence-corrected chi connectivity index (χ1v) is 8.43. The van der Waals surface area contributed by atoms with Crippen LogP contribution < -0.4 is 14.8 Å². The summed E-state index contributed by atoms with van der Waals surface area (Å²) in [6.45, 7) is -0.165. The molecule has 0 bridgehead atoms. The molecule has 0 aliphatic heterocycles. The number of nitrogens with one attached hydrogen (secondary N) is 1. The van der Waals surface area contributed by atoms with Gasteiger partial charge in [0.1, 0.15) is 29.6 Å². The Labute approximate surface area is 157 Å². The van der Waals surface area contributed by atoms with Crippen molar-refractivity contribution in [1.29, 1.82) is 0 Å². The van der Waals surface area contributed by atoms with Gasteiger partial charge in [0.2, 0.25) is 5.91 Å². The normalized spacial score (nSPS) is 10.5. The Morgan fingerprint density at radius 2 is 1.81 bits per heavy atom. The van der Waals surface area contributed by atoms with E-state index in [4.69, 9.17) is 19.0 Å². The molecule has 0 unspecified atom stereocenters. The van der Waals surface area contributed by atoms with E-state index < -0.39 is 0 Å². The molecule has 1 heterocycles. The van der Waals surface area contributed by atoms with Crippen LogP contribution in [0.3, 0.4) is 0 Å². The van der Waals surface area contributed by atoms with Crippen molar-refractivity contribution in [3.05, 3.63) is 65.9 Å². The van der Waals surface area contributed by atoms with Gasteiger partial charge in [0.05, 0.1) is 26.2 Å². The van der Waals surface area contributed by atoms with Gasteiger partial charge in [0.25, 0.3) is 0 Å². The Balaban J connectivity index is 1.71. The molecule has 0 atom stereocenters. The third kappa shape index (κ3) is 4.48. The van der Waals surface area contributed by atoms with Gasteiger partial charge in [0.15, 0.2) is 0 Å². The van der Waals surface area contributed by atoms with Gasteiger partial charge in [-0.2, -0.15) is 0 Å². The molecule has 0 fully saturated rings. The number of carbonyl (C=O) groups excluding carboxylic acids is 1. The average molecular weight is 367 g/mol. The van der Waals surface area contributed by atoms with Crippen molar-refractivity contribution in [2.45, 2.75) is 13.0 Å². The Morgan fingerprint density at radius 3 is 2.44 bits per heavy atom. The second-order valence-electron chi connectivity index (χ2n) is 5.91. The number of hydrogen-bond donors (Lipinski definition) is 2. The van der Waals surface area contributed by atoms with Gasteiger partial charge in [-0.3, -0.25) is 4.79 Å². The van der Waals surface area contributed by atoms with Gasteiger partial charge < -0.3 is 24.3 Å². The minimum absolute atomic E-state index is 0.129. The molecule has 0 saturated carbocycles. The van der Waals surface area contributed by atoms with Crippen LogP contribution in [0.15, 0.2) is 59.0 Å². The number of benzene rings is 2. The number of ether oxygens (including phenoxy) is 2. The molecule has 140 valence electrons. The second kappa shape index (κ2) is 8.42. The average Bonchev–Trinajstić information content (AvgIpc) is 3.17. The third-order valence-corrected chi connectivity index (χ3v) is 4.09. The first-order chi connectivity index (χ1) is 13.1. The highest BCUT2D eigenvalue weighted by Crippen LogP contribution is 2.33. The Hall–Kier alpha value is -3.25. The van der Waals surface area contributed by atoms with Gasteiger partial charge >= 0.3 is 0 Å². The lowest BCUT2D eigenvalue weighted by atomic mass is 10.1. The second-order valence-corrected chi connectivity index (χ2v) is 5.91. The van der Waals surface area contributed by atoms with E-state index in [1.165, 1.54) is 0 Å². The van der Waals surface area contributed by atoms with Gasteiger partial charge in [-0.25, -0.2) is 0 Å². The van der Waals surface area contributed by atoms with Crippen molar-refractivity contribution < 1.29 is 23.8 Å². The summed E-state index contributed by atoms with van der Waals surface area (Å²) in [5.41, 5.74) is 2.26. The zero-order valence-corrected chi connectivity index (χ0v) is 15.2. The molecule has 2 aromatic carbocycles. The van der Waals surface area contributed by atoms with E-state index in [9.17, 15) is 4.79 Å². The quantitative estimate of drug-likeness (QED) is 0.666. The van der Waals surface area contributed by atoms with Crippen LogP contribution in [-0.2, 0) is 17.8 Å². The summed E-state index contributed by atoms with van der Waals surface area (Å²) >= 11 is 0. The van der Waals surface area contributed by atoms with E-state index in [1.54, 1.807) is 38.5 Å². The molecule has 6 heteroatoms. The number of methoxy groups -OCH3 is 2. The van der Waals surface area contributed by atoms with Crippen molar-refractivity contribution >= 4 is 11.6 Å². The SMILES string of the molecule is COc1ccc(CC(=O)Nc2ccc(-c3ccc(CO)o3)c(OC)c2)cc1. The lowest BCUT2D eigenvalue weighted by Gasteiger charge is -2.11. The van der Waals surface area contributed by atoms with Crippen LogP contribution in [0.5, 0.6) is 11.5 Å². The lowest BCUT2D eigenvalue weighted by Crippen LogP contribution is -2.14. The molecule has 0 aliphatic carbocycles. The smallest absolute Gasteiger partial charge is 0.228 e. The van der Waals surface area contributed by atoms with Crippen LogP contribution in [0.2, 0.25) is 0 Å². The maximum atomic E-state index is 12.3. The summed E-state index contributed by atoms with van der Waals surface area (Å²) in [4.78, 5) is 12.3. The van der Waals surface area contributed by atoms with Gasteiger partial charge in [-0.1, -0.05) is 12.1 Å². The molecule has 0 saturated heterocycles. The molecule has 3 rings (SSSR count). The molecule has 0 spiro atoms. The van der Waals surface area contributed by atoms with Crippen molar-refractivity contribution in [2.75, 3.05) is 19.5 Å². The number of furan rings is 1. The fourth-order valence-corrected chi connectivity index (χ4v) is 2.71. The van der Waals surface area contributed by atoms with Gasteiger partial charge in [0, 0.05) is 11.8 Å². The molecule has 3 aromatic rings. The molecule has 27 heavy (non-hydrogen) atoms. The fourth-order valence-electron chi connectivity index (χ4n) is 2.71. The van der Waals surface area contributed by atoms with Crippen molar-refractivity contribution in [3.8, 4) is 22.8 Å². The summed E-state index contributed by atoms with van der Waals surface area (Å²) in [5, 5.41) is 12.0. The van der Waals surface area contributed by atoms with E-state index in [2.05, 4.69) is 5.32 Å². The number of rotatable bonds is 7. The maximum absolute atomic E-state index is 12.3. The van der Waals surface area contributed by atoms with Crippen LogP contribution in [0.1, 0.15) is 11.3 Å². The van der Waals surface area contributed by atoms with Crippen LogP contribution in [0, 0.1) is 0 Å². The van der Waals surface area contributed by atoms with Crippen molar-refractivity contribution in [1.82, 2.24) is 0 Å². The Kier molecular flexibility index (Phi) is 5.78. The molecular formula is C21H21NO5. The van der Waals surface area contributed by atoms with Crippen LogP contribution >= 0.6 is 0 Å². The Morgan fingerprint density at radius 1 is 1.04 bits per heavy atom. The summed E-state index contributed by atoms with van der Waals surface area (Å²) in [6.07, 6.45) is 0.256. The number of aliphatic hydroxyl groups excluding tert-OH is 1. The number of hydrogen-bond acceptors (Lipinski definition) is 5. The Bertz CT molecular complexity index is 915. The summed E-state index contributed by atoms with van der Waals surface area (Å²) in [6, 6.07) is 16.2. The summed E-state index contributed by atoms with van der Waals surface area (Å²) < 4.78 is 16.1. The number of carbonyl (C=O) groups is 1. The predicted octanol–water partition coefficient (Wildman–Crippen LogP) is 3.64. The fraction of sp³-hybridized carbons (Fsp3) is 0.190. The van der Waals surface area contributed by atoms with Crippen LogP contribution in [0.25, 0.3) is 11.3 Å². The number of amides is 1. The highest BCUT2D eigenvalue weighted by atomic mass is 16.5. The van der Waals surface area contributed by atoms with Gasteiger partial charge in [-0.15, -0.1) is 0 Å². The topological polar surface area (TPSA) is 80.9 Å². The zero-order chi connectivity index (χ0) is 19.2. The predicted molar refractivity (Wildman–Crippen MR) is 102 cm³/mol. The van der Waals surface area contributed by atoms with Crippen LogP contribution in [0.4, 0.5) is 5.69 Å². The van der Waals surface area contributed by atoms with Gasteiger partial charge in [-0.05, 0) is 42.0 Å². The molecule has 0 aliphatic rings. The lowest BCUT2D eigenvalue weighted by molar-refractivity contribution is -0.115. The number of aliphatic hydroxyl groups is 1. The summed E-state index contributed by atoms with van der Waals surface area (Å²) in [7, 11) is 3.16. The number of anilines is 1. The molecule has 6 nitrogen and oxygen atoms in total. The molecule has 0 radical (unpaired) electrons. The van der Waals surface area contributed by atoms with E-state index in [-0.39, 0.29) is 18.9 Å². The molecule has 1 amide bonds. The first-order valence-electron chi connectivity index (χ1n) is 8.43.